The van der Waals surface area contributed by atoms with Crippen molar-refractivity contribution >= 4 is 0 Å². The van der Waals surface area contributed by atoms with Crippen LogP contribution in [0.5, 0.6) is 0 Å². The molecular weight excluding hydrogens is 246 g/mol. The predicted octanol–water partition coefficient (Wildman–Crippen LogP) is 3.20. The molecule has 0 bridgehead atoms. The van der Waals surface area contributed by atoms with Crippen LogP contribution in [0.3, 0.4) is 0 Å². The zero-order valence-electron chi connectivity index (χ0n) is 11.4. The molecule has 0 aliphatic carbocycles. The van der Waals surface area contributed by atoms with Gasteiger partial charge in [-0.15, -0.1) is 0 Å². The Bertz CT molecular complexity index is 389. The Morgan fingerprint density at radius 1 is 1.42 bits per heavy atom. The Hall–Kier alpha value is -1.00. The lowest BCUT2D eigenvalue weighted by Crippen LogP contribution is -2.36. The van der Waals surface area contributed by atoms with Gasteiger partial charge in [0.1, 0.15) is 0 Å². The third-order valence-corrected chi connectivity index (χ3v) is 3.65. The number of halogens is 2. The van der Waals surface area contributed by atoms with E-state index in [0.29, 0.717) is 6.04 Å². The quantitative estimate of drug-likeness (QED) is 0.852. The van der Waals surface area contributed by atoms with E-state index in [2.05, 4.69) is 17.1 Å². The van der Waals surface area contributed by atoms with Gasteiger partial charge in [-0.3, -0.25) is 4.90 Å². The summed E-state index contributed by atoms with van der Waals surface area (Å²) in [5, 5.41) is 3.36. The van der Waals surface area contributed by atoms with Crippen molar-refractivity contribution in [3.8, 4) is 0 Å². The van der Waals surface area contributed by atoms with Gasteiger partial charge in [0.05, 0.1) is 0 Å². The smallest absolute Gasteiger partial charge is 0.263 e. The van der Waals surface area contributed by atoms with Crippen molar-refractivity contribution in [2.24, 2.45) is 0 Å². The minimum Gasteiger partial charge on any atom is -0.315 e. The molecular formula is C15H22F2N2. The Labute approximate surface area is 113 Å². The highest BCUT2D eigenvalue weighted by Crippen LogP contribution is 2.21. The number of hydrogen-bond acceptors (Lipinski definition) is 2. The number of nitrogens with one attached hydrogen (secondary N) is 1. The molecule has 1 aromatic carbocycles. The van der Waals surface area contributed by atoms with E-state index in [1.807, 2.05) is 6.07 Å². The molecule has 0 spiro atoms. The average molecular weight is 268 g/mol. The minimum atomic E-state index is -2.38. The molecule has 0 radical (unpaired) electrons. The molecule has 1 atom stereocenters. The molecule has 0 aromatic heterocycles. The van der Waals surface area contributed by atoms with Crippen molar-refractivity contribution in [2.45, 2.75) is 38.8 Å². The van der Waals surface area contributed by atoms with E-state index in [1.54, 1.807) is 12.1 Å². The molecule has 4 heteroatoms. The second-order valence-electron chi connectivity index (χ2n) is 5.16. The number of hydrogen-bond donors (Lipinski definition) is 1. The van der Waals surface area contributed by atoms with Crippen LogP contribution in [0.1, 0.15) is 37.3 Å². The predicted molar refractivity (Wildman–Crippen MR) is 73.4 cm³/mol. The van der Waals surface area contributed by atoms with Crippen LogP contribution >= 0.6 is 0 Å². The Kier molecular flexibility index (Phi) is 5.28. The molecule has 1 fully saturated rings. The summed E-state index contributed by atoms with van der Waals surface area (Å²) in [5.41, 5.74) is 1.11. The van der Waals surface area contributed by atoms with Crippen LogP contribution in [0.4, 0.5) is 8.78 Å². The van der Waals surface area contributed by atoms with Gasteiger partial charge in [-0.2, -0.15) is 0 Å². The molecule has 1 aliphatic rings. The van der Waals surface area contributed by atoms with E-state index in [4.69, 9.17) is 0 Å². The maximum Gasteiger partial charge on any atom is 0.263 e. The second-order valence-corrected chi connectivity index (χ2v) is 5.16. The molecule has 1 saturated heterocycles. The third kappa shape index (κ3) is 3.98. The Morgan fingerprint density at radius 3 is 2.89 bits per heavy atom. The highest BCUT2D eigenvalue weighted by molar-refractivity contribution is 5.24. The molecule has 1 N–H and O–H groups in total. The van der Waals surface area contributed by atoms with Crippen molar-refractivity contribution in [1.82, 2.24) is 10.2 Å². The van der Waals surface area contributed by atoms with Crippen LogP contribution in [0.15, 0.2) is 24.3 Å². The maximum absolute atomic E-state index is 12.7. The fraction of sp³-hybridized carbons (Fsp3) is 0.600. The second kappa shape index (κ2) is 6.96. The fourth-order valence-corrected chi connectivity index (χ4v) is 2.69. The highest BCUT2D eigenvalue weighted by atomic mass is 19.3. The van der Waals surface area contributed by atoms with E-state index in [1.165, 1.54) is 6.07 Å². The van der Waals surface area contributed by atoms with E-state index in [0.717, 1.165) is 44.6 Å². The first kappa shape index (κ1) is 14.4. The first-order valence-electron chi connectivity index (χ1n) is 7.02. The van der Waals surface area contributed by atoms with Gasteiger partial charge in [-0.05, 0) is 37.6 Å². The summed E-state index contributed by atoms with van der Waals surface area (Å²) in [5.74, 6) is 0. The molecule has 0 saturated carbocycles. The van der Waals surface area contributed by atoms with Crippen LogP contribution in [0.25, 0.3) is 0 Å². The summed E-state index contributed by atoms with van der Waals surface area (Å²) in [7, 11) is 0. The Morgan fingerprint density at radius 2 is 2.26 bits per heavy atom. The maximum atomic E-state index is 12.7. The third-order valence-electron chi connectivity index (χ3n) is 3.65. The van der Waals surface area contributed by atoms with Crippen LogP contribution < -0.4 is 5.32 Å². The van der Waals surface area contributed by atoms with Crippen LogP contribution in [-0.4, -0.2) is 30.6 Å². The SMILES string of the molecule is CCCN(Cc1cccc(C(F)F)c1)C1CCNC1. The number of alkyl halides is 2. The molecule has 1 heterocycles. The van der Waals surface area contributed by atoms with Gasteiger partial charge in [-0.25, -0.2) is 8.78 Å². The lowest BCUT2D eigenvalue weighted by molar-refractivity contribution is 0.151. The van der Waals surface area contributed by atoms with Crippen LogP contribution in [0, 0.1) is 0 Å². The van der Waals surface area contributed by atoms with E-state index in [9.17, 15) is 8.78 Å². The zero-order chi connectivity index (χ0) is 13.7. The summed E-state index contributed by atoms with van der Waals surface area (Å²) in [6.07, 6.45) is -0.146. The number of benzene rings is 1. The van der Waals surface area contributed by atoms with Crippen LogP contribution in [0.2, 0.25) is 0 Å². The Balaban J connectivity index is 2.05. The summed E-state index contributed by atoms with van der Waals surface area (Å²) >= 11 is 0. The molecule has 1 unspecified atom stereocenters. The summed E-state index contributed by atoms with van der Waals surface area (Å²) in [6.45, 7) is 6.01. The standard InChI is InChI=1S/C15H22F2N2/c1-2-8-19(14-6-7-18-10-14)11-12-4-3-5-13(9-12)15(16)17/h3-5,9,14-15,18H,2,6-8,10-11H2,1H3. The van der Waals surface area contributed by atoms with Gasteiger partial charge < -0.3 is 5.32 Å². The van der Waals surface area contributed by atoms with Crippen molar-refractivity contribution < 1.29 is 8.78 Å². The molecule has 0 amide bonds. The zero-order valence-corrected chi connectivity index (χ0v) is 11.4. The van der Waals surface area contributed by atoms with Crippen LogP contribution in [-0.2, 0) is 6.54 Å². The summed E-state index contributed by atoms with van der Waals surface area (Å²) in [4.78, 5) is 2.41. The minimum absolute atomic E-state index is 0.124. The average Bonchev–Trinajstić information content (AvgIpc) is 2.92. The lowest BCUT2D eigenvalue weighted by atomic mass is 10.1. The lowest BCUT2D eigenvalue weighted by Gasteiger charge is -2.28. The van der Waals surface area contributed by atoms with Crippen molar-refractivity contribution in [3.63, 3.8) is 0 Å². The van der Waals surface area contributed by atoms with E-state index >= 15 is 0 Å². The molecule has 19 heavy (non-hydrogen) atoms. The molecule has 1 aliphatic heterocycles. The number of nitrogens with zero attached hydrogens (tertiary/aromatic N) is 1. The van der Waals surface area contributed by atoms with Gasteiger partial charge >= 0.3 is 0 Å². The largest absolute Gasteiger partial charge is 0.315 e. The number of rotatable bonds is 6. The van der Waals surface area contributed by atoms with Gasteiger partial charge in [0.25, 0.3) is 6.43 Å². The first-order chi connectivity index (χ1) is 9.20. The van der Waals surface area contributed by atoms with Gasteiger partial charge in [0.2, 0.25) is 0 Å². The van der Waals surface area contributed by atoms with Crippen molar-refractivity contribution in [3.05, 3.63) is 35.4 Å². The normalized spacial score (nSPS) is 19.5. The van der Waals surface area contributed by atoms with E-state index < -0.39 is 6.43 Å². The molecule has 2 rings (SSSR count). The topological polar surface area (TPSA) is 15.3 Å². The fourth-order valence-electron chi connectivity index (χ4n) is 2.69. The van der Waals surface area contributed by atoms with Gasteiger partial charge in [0, 0.05) is 24.7 Å². The van der Waals surface area contributed by atoms with Gasteiger partial charge in [0.15, 0.2) is 0 Å². The molecule has 2 nitrogen and oxygen atoms in total. The molecule has 1 aromatic rings. The summed E-state index contributed by atoms with van der Waals surface area (Å²) in [6, 6.07) is 7.34. The summed E-state index contributed by atoms with van der Waals surface area (Å²) < 4.78 is 25.4. The van der Waals surface area contributed by atoms with E-state index in [-0.39, 0.29) is 5.56 Å². The van der Waals surface area contributed by atoms with Gasteiger partial charge in [-0.1, -0.05) is 25.1 Å². The van der Waals surface area contributed by atoms with Crippen molar-refractivity contribution in [2.75, 3.05) is 19.6 Å². The molecule has 106 valence electrons. The van der Waals surface area contributed by atoms with Crippen molar-refractivity contribution in [1.29, 1.82) is 0 Å². The highest BCUT2D eigenvalue weighted by Gasteiger charge is 2.21. The first-order valence-corrected chi connectivity index (χ1v) is 7.02. The monoisotopic (exact) mass is 268 g/mol.